The molecule has 1 aliphatic heterocycles. The van der Waals surface area contributed by atoms with Crippen LogP contribution in [-0.4, -0.2) is 23.8 Å². The SMILES string of the molecule is C=C(C)[C@@H]1C[C@@H](c2ccc(C(C)C)cc2)[C@@H](C)O[C@H]1c1cc(Oc2ccccc2C(C)(C)C)ccc1OCC(=O)O. The molecule has 5 heteroatoms. The lowest BCUT2D eigenvalue weighted by atomic mass is 9.75. The predicted octanol–water partition coefficient (Wildman–Crippen LogP) is 9.19. The Hall–Kier alpha value is -3.57. The van der Waals surface area contributed by atoms with Crippen LogP contribution in [0.5, 0.6) is 17.2 Å². The van der Waals surface area contributed by atoms with Crippen molar-refractivity contribution in [2.45, 2.75) is 84.3 Å². The first kappa shape index (κ1) is 30.4. The van der Waals surface area contributed by atoms with Gasteiger partial charge in [0, 0.05) is 23.0 Å². The molecule has 1 N–H and O–H groups in total. The highest BCUT2D eigenvalue weighted by atomic mass is 16.5. The summed E-state index contributed by atoms with van der Waals surface area (Å²) in [5.41, 5.74) is 5.35. The number of para-hydroxylation sites is 1. The molecule has 4 atom stereocenters. The van der Waals surface area contributed by atoms with Gasteiger partial charge < -0.3 is 19.3 Å². The summed E-state index contributed by atoms with van der Waals surface area (Å²) in [6.45, 7) is 18.9. The first-order chi connectivity index (χ1) is 19.3. The van der Waals surface area contributed by atoms with Crippen molar-refractivity contribution in [2.24, 2.45) is 5.92 Å². The summed E-state index contributed by atoms with van der Waals surface area (Å²) >= 11 is 0. The zero-order valence-corrected chi connectivity index (χ0v) is 25.4. The summed E-state index contributed by atoms with van der Waals surface area (Å²) in [5.74, 6) is 1.56. The number of hydrogen-bond acceptors (Lipinski definition) is 4. The van der Waals surface area contributed by atoms with Gasteiger partial charge in [-0.15, -0.1) is 0 Å². The van der Waals surface area contributed by atoms with Gasteiger partial charge in [-0.1, -0.05) is 89.2 Å². The molecule has 0 spiro atoms. The first-order valence-electron chi connectivity index (χ1n) is 14.5. The van der Waals surface area contributed by atoms with Crippen molar-refractivity contribution in [3.05, 3.63) is 101 Å². The van der Waals surface area contributed by atoms with Gasteiger partial charge in [-0.05, 0) is 67.0 Å². The number of ether oxygens (including phenoxy) is 3. The van der Waals surface area contributed by atoms with Crippen LogP contribution in [0.25, 0.3) is 0 Å². The Morgan fingerprint density at radius 3 is 2.34 bits per heavy atom. The summed E-state index contributed by atoms with van der Waals surface area (Å²) < 4.78 is 19.0. The van der Waals surface area contributed by atoms with E-state index in [9.17, 15) is 9.90 Å². The average molecular weight is 557 g/mol. The second-order valence-electron chi connectivity index (χ2n) is 12.6. The molecule has 3 aromatic carbocycles. The molecule has 3 aromatic rings. The van der Waals surface area contributed by atoms with E-state index in [1.807, 2.05) is 37.3 Å². The second kappa shape index (κ2) is 12.5. The van der Waals surface area contributed by atoms with Crippen molar-refractivity contribution in [2.75, 3.05) is 6.61 Å². The Morgan fingerprint density at radius 2 is 1.73 bits per heavy atom. The fourth-order valence-corrected chi connectivity index (χ4v) is 5.68. The number of carboxylic acids is 1. The predicted molar refractivity (Wildman–Crippen MR) is 164 cm³/mol. The van der Waals surface area contributed by atoms with Crippen LogP contribution < -0.4 is 9.47 Å². The number of aliphatic carboxylic acids is 1. The van der Waals surface area contributed by atoms with Gasteiger partial charge in [-0.3, -0.25) is 0 Å². The maximum atomic E-state index is 11.4. The minimum Gasteiger partial charge on any atom is -0.482 e. The van der Waals surface area contributed by atoms with Gasteiger partial charge in [0.15, 0.2) is 6.61 Å². The van der Waals surface area contributed by atoms with Gasteiger partial charge >= 0.3 is 5.97 Å². The molecule has 0 unspecified atom stereocenters. The highest BCUT2D eigenvalue weighted by molar-refractivity contribution is 5.68. The standard InChI is InChI=1S/C36H44O5/c1-22(2)25-13-15-26(16-14-25)29-20-28(23(3)4)35(40-24(29)5)30-19-27(17-18-32(30)39-21-34(37)38)41-33-12-10-9-11-31(33)36(6,7)8/h9-19,22,24,28-29,35H,3,20-21H2,1-2,4-8H3,(H,37,38)/t24-,28+,29-,35-/m1/s1. The number of carbonyl (C=O) groups is 1. The Labute approximate surface area is 245 Å². The molecular formula is C36H44O5. The van der Waals surface area contributed by atoms with Crippen molar-refractivity contribution in [3.8, 4) is 17.2 Å². The summed E-state index contributed by atoms with van der Waals surface area (Å²) in [6.07, 6.45) is 0.427. The van der Waals surface area contributed by atoms with E-state index in [0.29, 0.717) is 17.4 Å². The van der Waals surface area contributed by atoms with Crippen LogP contribution in [0.3, 0.4) is 0 Å². The third kappa shape index (κ3) is 7.20. The first-order valence-corrected chi connectivity index (χ1v) is 14.5. The fourth-order valence-electron chi connectivity index (χ4n) is 5.68. The van der Waals surface area contributed by atoms with E-state index in [-0.39, 0.29) is 29.5 Å². The van der Waals surface area contributed by atoms with Crippen LogP contribution in [0.2, 0.25) is 0 Å². The van der Waals surface area contributed by atoms with Crippen molar-refractivity contribution in [1.82, 2.24) is 0 Å². The van der Waals surface area contributed by atoms with Crippen LogP contribution >= 0.6 is 0 Å². The molecule has 0 bridgehead atoms. The second-order valence-corrected chi connectivity index (χ2v) is 12.6. The normalized spacial score (nSPS) is 21.0. The van der Waals surface area contributed by atoms with E-state index < -0.39 is 12.6 Å². The number of carboxylic acid groups (broad SMARTS) is 1. The van der Waals surface area contributed by atoms with Crippen molar-refractivity contribution in [3.63, 3.8) is 0 Å². The fraction of sp³-hybridized carbons (Fsp3) is 0.417. The smallest absolute Gasteiger partial charge is 0.341 e. The lowest BCUT2D eigenvalue weighted by Crippen LogP contribution is -2.34. The van der Waals surface area contributed by atoms with Gasteiger partial charge in [0.05, 0.1) is 12.2 Å². The quantitative estimate of drug-likeness (QED) is 0.266. The van der Waals surface area contributed by atoms with E-state index in [2.05, 4.69) is 78.5 Å². The Morgan fingerprint density at radius 1 is 1.05 bits per heavy atom. The minimum absolute atomic E-state index is 0.00487. The van der Waals surface area contributed by atoms with Gasteiger partial charge in [0.1, 0.15) is 17.2 Å². The number of benzene rings is 3. The third-order valence-electron chi connectivity index (χ3n) is 8.03. The minimum atomic E-state index is -1.03. The van der Waals surface area contributed by atoms with E-state index in [1.165, 1.54) is 11.1 Å². The molecule has 1 fully saturated rings. The van der Waals surface area contributed by atoms with Crippen molar-refractivity contribution >= 4 is 5.97 Å². The topological polar surface area (TPSA) is 65.0 Å². The number of rotatable bonds is 9. The molecule has 0 aliphatic carbocycles. The molecule has 4 rings (SSSR count). The molecule has 1 aliphatic rings. The largest absolute Gasteiger partial charge is 0.482 e. The summed E-state index contributed by atoms with van der Waals surface area (Å²) in [6, 6.07) is 22.4. The average Bonchev–Trinajstić information content (AvgIpc) is 2.91. The zero-order chi connectivity index (χ0) is 29.9. The molecule has 0 radical (unpaired) electrons. The highest BCUT2D eigenvalue weighted by Crippen LogP contribution is 2.49. The Balaban J connectivity index is 1.70. The van der Waals surface area contributed by atoms with Gasteiger partial charge in [-0.25, -0.2) is 4.79 Å². The molecule has 0 saturated carbocycles. The van der Waals surface area contributed by atoms with Crippen LogP contribution in [-0.2, 0) is 14.9 Å². The Kier molecular flexibility index (Phi) is 9.28. The van der Waals surface area contributed by atoms with Crippen molar-refractivity contribution in [1.29, 1.82) is 0 Å². The number of hydrogen-bond donors (Lipinski definition) is 1. The molecule has 1 heterocycles. The molecule has 41 heavy (non-hydrogen) atoms. The van der Waals surface area contributed by atoms with Gasteiger partial charge in [-0.2, -0.15) is 0 Å². The van der Waals surface area contributed by atoms with E-state index in [1.54, 1.807) is 6.07 Å². The molecule has 0 amide bonds. The summed E-state index contributed by atoms with van der Waals surface area (Å²) in [7, 11) is 0. The van der Waals surface area contributed by atoms with Crippen LogP contribution in [0.4, 0.5) is 0 Å². The van der Waals surface area contributed by atoms with E-state index in [4.69, 9.17) is 14.2 Å². The zero-order valence-electron chi connectivity index (χ0n) is 25.4. The summed E-state index contributed by atoms with van der Waals surface area (Å²) in [4.78, 5) is 11.4. The third-order valence-corrected chi connectivity index (χ3v) is 8.03. The summed E-state index contributed by atoms with van der Waals surface area (Å²) in [5, 5.41) is 9.33. The van der Waals surface area contributed by atoms with Crippen LogP contribution in [0.15, 0.2) is 78.9 Å². The van der Waals surface area contributed by atoms with Gasteiger partial charge in [0.2, 0.25) is 0 Å². The maximum absolute atomic E-state index is 11.4. The molecule has 5 nitrogen and oxygen atoms in total. The van der Waals surface area contributed by atoms with E-state index in [0.717, 1.165) is 28.9 Å². The van der Waals surface area contributed by atoms with E-state index >= 15 is 0 Å². The van der Waals surface area contributed by atoms with Crippen LogP contribution in [0.1, 0.15) is 95.1 Å². The maximum Gasteiger partial charge on any atom is 0.341 e. The monoisotopic (exact) mass is 556 g/mol. The lowest BCUT2D eigenvalue weighted by molar-refractivity contribution is -0.139. The van der Waals surface area contributed by atoms with Crippen LogP contribution in [0, 0.1) is 5.92 Å². The molecular weight excluding hydrogens is 512 g/mol. The van der Waals surface area contributed by atoms with Crippen molar-refractivity contribution < 1.29 is 24.1 Å². The van der Waals surface area contributed by atoms with Gasteiger partial charge in [0.25, 0.3) is 0 Å². The lowest BCUT2D eigenvalue weighted by Gasteiger charge is -2.42. The molecule has 218 valence electrons. The molecule has 1 saturated heterocycles. The Bertz CT molecular complexity index is 1370. The molecule has 0 aromatic heterocycles. The highest BCUT2D eigenvalue weighted by Gasteiger charge is 2.39.